The van der Waals surface area contributed by atoms with Gasteiger partial charge in [0, 0.05) is 19.3 Å². The van der Waals surface area contributed by atoms with E-state index in [1.807, 2.05) is 0 Å². The molecule has 200 valence electrons. The van der Waals surface area contributed by atoms with E-state index in [0.29, 0.717) is 40.8 Å². The smallest absolute Gasteiger partial charge is 0.266 e. The molecule has 0 heterocycles. The number of aliphatic hydroxyl groups excluding tert-OH is 1. The molecule has 4 saturated carbocycles. The van der Waals surface area contributed by atoms with Gasteiger partial charge in [0.05, 0.1) is 18.4 Å². The lowest BCUT2D eigenvalue weighted by Crippen LogP contribution is -2.53. The lowest BCUT2D eigenvalue weighted by molar-refractivity contribution is -0.140. The van der Waals surface area contributed by atoms with Crippen molar-refractivity contribution in [3.8, 4) is 0 Å². The molecule has 0 aliphatic heterocycles. The van der Waals surface area contributed by atoms with Crippen LogP contribution in [0.25, 0.3) is 0 Å². The number of fused-ring (bicyclic) bond motifs is 5. The van der Waals surface area contributed by atoms with Gasteiger partial charge in [-0.25, -0.2) is 0 Å². The van der Waals surface area contributed by atoms with Crippen LogP contribution in [0.5, 0.6) is 0 Å². The second-order valence-electron chi connectivity index (χ2n) is 12.8. The molecule has 0 spiro atoms. The highest BCUT2D eigenvalue weighted by atomic mass is 32.2. The predicted molar refractivity (Wildman–Crippen MR) is 134 cm³/mol. The Morgan fingerprint density at radius 2 is 1.80 bits per heavy atom. The first-order valence-electron chi connectivity index (χ1n) is 13.7. The summed E-state index contributed by atoms with van der Waals surface area (Å²) in [6.45, 7) is 6.71. The minimum absolute atomic E-state index is 0.277. The molecule has 0 aromatic rings. The summed E-state index contributed by atoms with van der Waals surface area (Å²) in [5.41, 5.74) is 0.620. The number of nitrogens with one attached hydrogen (secondary N) is 1. The van der Waals surface area contributed by atoms with Crippen LogP contribution in [0.4, 0.5) is 0 Å². The Labute approximate surface area is 211 Å². The van der Waals surface area contributed by atoms with Gasteiger partial charge in [-0.15, -0.1) is 0 Å². The van der Waals surface area contributed by atoms with Crippen molar-refractivity contribution < 1.29 is 27.7 Å². The molecule has 0 bridgehead atoms. The van der Waals surface area contributed by atoms with Gasteiger partial charge < -0.3 is 10.4 Å². The highest BCUT2D eigenvalue weighted by Gasteiger charge is 2.60. The molecule has 3 N–H and O–H groups in total. The van der Waals surface area contributed by atoms with Crippen molar-refractivity contribution in [2.24, 2.45) is 46.3 Å². The normalized spacial score (nSPS) is 40.8. The molecule has 35 heavy (non-hydrogen) atoms. The van der Waals surface area contributed by atoms with Crippen LogP contribution < -0.4 is 5.32 Å². The molecule has 8 heteroatoms. The number of carbonyl (C=O) groups excluding carboxylic acids is 2. The number of hydrogen-bond acceptors (Lipinski definition) is 5. The van der Waals surface area contributed by atoms with E-state index in [1.165, 1.54) is 38.5 Å². The van der Waals surface area contributed by atoms with E-state index in [1.54, 1.807) is 0 Å². The van der Waals surface area contributed by atoms with Crippen LogP contribution in [0.3, 0.4) is 0 Å². The second-order valence-corrected chi connectivity index (χ2v) is 14.3. The molecule has 4 rings (SSSR count). The summed E-state index contributed by atoms with van der Waals surface area (Å²) in [4.78, 5) is 24.6. The van der Waals surface area contributed by atoms with Gasteiger partial charge in [0.25, 0.3) is 10.1 Å². The van der Waals surface area contributed by atoms with Crippen molar-refractivity contribution in [2.75, 3.05) is 12.4 Å². The van der Waals surface area contributed by atoms with E-state index >= 15 is 0 Å². The number of aliphatic hydroxyl groups is 1. The first kappa shape index (κ1) is 27.1. The Morgan fingerprint density at radius 1 is 1.09 bits per heavy atom. The maximum Gasteiger partial charge on any atom is 0.266 e. The summed E-state index contributed by atoms with van der Waals surface area (Å²) in [5.74, 6) is 3.28. The Balaban J connectivity index is 1.36. The average Bonchev–Trinajstić information content (AvgIpc) is 3.14. The van der Waals surface area contributed by atoms with Gasteiger partial charge in [-0.1, -0.05) is 20.8 Å². The van der Waals surface area contributed by atoms with E-state index in [9.17, 15) is 23.1 Å². The predicted octanol–water partition coefficient (Wildman–Crippen LogP) is 4.00. The fourth-order valence-corrected chi connectivity index (χ4v) is 9.97. The summed E-state index contributed by atoms with van der Waals surface area (Å²) in [5, 5.41) is 11.9. The van der Waals surface area contributed by atoms with Crippen LogP contribution in [0.1, 0.15) is 91.4 Å². The van der Waals surface area contributed by atoms with E-state index in [4.69, 9.17) is 4.55 Å². The number of rotatable bonds is 8. The molecule has 4 fully saturated rings. The van der Waals surface area contributed by atoms with Crippen LogP contribution in [0, 0.1) is 46.3 Å². The third-order valence-electron chi connectivity index (χ3n) is 11.1. The highest BCUT2D eigenvalue weighted by molar-refractivity contribution is 7.85. The van der Waals surface area contributed by atoms with Gasteiger partial charge in [-0.2, -0.15) is 8.42 Å². The van der Waals surface area contributed by atoms with E-state index in [0.717, 1.165) is 43.4 Å². The lowest BCUT2D eigenvalue weighted by atomic mass is 9.44. The Hall–Kier alpha value is -0.990. The van der Waals surface area contributed by atoms with Gasteiger partial charge in [0.15, 0.2) is 0 Å². The van der Waals surface area contributed by atoms with E-state index in [-0.39, 0.29) is 5.91 Å². The van der Waals surface area contributed by atoms with Crippen molar-refractivity contribution in [3.63, 3.8) is 0 Å². The fourth-order valence-electron chi connectivity index (χ4n) is 9.27. The zero-order valence-corrected chi connectivity index (χ0v) is 22.5. The number of carbonyl (C=O) groups is 2. The largest absolute Gasteiger partial charge is 0.394 e. The molecule has 9 atom stereocenters. The molecule has 0 aromatic carbocycles. The fraction of sp³-hybridized carbons (Fsp3) is 0.926. The van der Waals surface area contributed by atoms with Crippen molar-refractivity contribution in [1.29, 1.82) is 0 Å². The van der Waals surface area contributed by atoms with Gasteiger partial charge in [0.2, 0.25) is 5.91 Å². The zero-order valence-electron chi connectivity index (χ0n) is 21.7. The second kappa shape index (κ2) is 10.1. The van der Waals surface area contributed by atoms with Crippen molar-refractivity contribution in [2.45, 2.75) is 97.4 Å². The lowest BCUT2D eigenvalue weighted by Gasteiger charge is -2.60. The summed E-state index contributed by atoms with van der Waals surface area (Å²) in [7, 11) is -4.26. The SMILES string of the molecule is C[C@H](CCC(=O)N[C@@H](CO)CS(=O)(=O)O)[C@H]1CC[C@H]2[C@@H]3CC[C@@H]4CC(=O)CC[C@]4(C)[C@H]3CC[C@]12C. The van der Waals surface area contributed by atoms with Crippen molar-refractivity contribution in [3.05, 3.63) is 0 Å². The maximum atomic E-state index is 12.4. The highest BCUT2D eigenvalue weighted by Crippen LogP contribution is 2.68. The Kier molecular flexibility index (Phi) is 7.77. The summed E-state index contributed by atoms with van der Waals surface area (Å²) in [6.07, 6.45) is 11.1. The minimum Gasteiger partial charge on any atom is -0.394 e. The van der Waals surface area contributed by atoms with E-state index in [2.05, 4.69) is 26.1 Å². The van der Waals surface area contributed by atoms with Crippen LogP contribution in [0.2, 0.25) is 0 Å². The summed E-state index contributed by atoms with van der Waals surface area (Å²) < 4.78 is 31.2. The van der Waals surface area contributed by atoms with Crippen LogP contribution >= 0.6 is 0 Å². The molecule has 0 radical (unpaired) electrons. The summed E-state index contributed by atoms with van der Waals surface area (Å²) >= 11 is 0. The molecule has 4 aliphatic rings. The molecule has 1 amide bonds. The van der Waals surface area contributed by atoms with Crippen LogP contribution in [-0.2, 0) is 19.7 Å². The van der Waals surface area contributed by atoms with Crippen molar-refractivity contribution in [1.82, 2.24) is 5.32 Å². The van der Waals surface area contributed by atoms with Gasteiger partial charge in [-0.3, -0.25) is 14.1 Å². The average molecular weight is 512 g/mol. The molecule has 7 nitrogen and oxygen atoms in total. The third-order valence-corrected chi connectivity index (χ3v) is 11.9. The first-order chi connectivity index (χ1) is 16.4. The van der Waals surface area contributed by atoms with E-state index < -0.39 is 28.5 Å². The van der Waals surface area contributed by atoms with Gasteiger partial charge >= 0.3 is 0 Å². The monoisotopic (exact) mass is 511 g/mol. The first-order valence-corrected chi connectivity index (χ1v) is 15.4. The molecule has 4 aliphatic carbocycles. The molecule has 0 unspecified atom stereocenters. The zero-order chi connectivity index (χ0) is 25.6. The van der Waals surface area contributed by atoms with Gasteiger partial charge in [0.1, 0.15) is 5.78 Å². The number of hydrogen-bond donors (Lipinski definition) is 3. The molecular formula is C27H45NO6S. The Bertz CT molecular complexity index is 921. The number of Topliss-reactive ketones (excluding diaryl/α,β-unsaturated/α-hetero) is 1. The van der Waals surface area contributed by atoms with Crippen molar-refractivity contribution >= 4 is 21.8 Å². The molecule has 0 aromatic heterocycles. The summed E-state index contributed by atoms with van der Waals surface area (Å²) in [6, 6.07) is -0.983. The van der Waals surface area contributed by atoms with Crippen LogP contribution in [-0.4, -0.2) is 48.2 Å². The number of ketones is 1. The third kappa shape index (κ3) is 5.35. The Morgan fingerprint density at radius 3 is 2.49 bits per heavy atom. The maximum absolute atomic E-state index is 12.4. The minimum atomic E-state index is -4.26. The standard InChI is InChI=1S/C27H45NO6S/c1-17(4-9-25(31)28-19(15-29)16-35(32,33)34)22-7-8-23-21-6-5-18-14-20(30)10-12-26(18,2)24(21)11-13-27(22,23)3/h17-19,21-24,29H,4-16H2,1-3H3,(H,28,31)(H,32,33,34)/t17-,18-,19+,21+,22-,23+,24+,26+,27-/m1/s1. The number of amides is 1. The van der Waals surface area contributed by atoms with Crippen LogP contribution in [0.15, 0.2) is 0 Å². The quantitative estimate of drug-likeness (QED) is 0.424. The molecular weight excluding hydrogens is 466 g/mol. The molecule has 0 saturated heterocycles. The topological polar surface area (TPSA) is 121 Å². The van der Waals surface area contributed by atoms with Gasteiger partial charge in [-0.05, 0) is 97.7 Å².